The van der Waals surface area contributed by atoms with Crippen LogP contribution >= 0.6 is 16.5 Å². The number of fused-ring (bicyclic) bond motifs is 8. The summed E-state index contributed by atoms with van der Waals surface area (Å²) < 4.78 is 65.0. The molecule has 8 aromatic carbocycles. The first-order chi connectivity index (χ1) is 32.0. The van der Waals surface area contributed by atoms with Gasteiger partial charge in [-0.15, -0.1) is 0 Å². The van der Waals surface area contributed by atoms with E-state index < -0.39 is 16.5 Å². The van der Waals surface area contributed by atoms with Gasteiger partial charge in [0.05, 0.1) is 28.4 Å². The third kappa shape index (κ3) is 7.40. The molecule has 0 amide bonds. The normalized spacial score (nSPS) is 11.5. The molecule has 0 aliphatic rings. The van der Waals surface area contributed by atoms with Crippen LogP contribution in [0.4, 0.5) is 0 Å². The van der Waals surface area contributed by atoms with E-state index in [1.807, 2.05) is 100 Å². The molecular weight excluding hydrogens is 871 g/mol. The summed E-state index contributed by atoms with van der Waals surface area (Å²) in [4.78, 5) is 0. The highest BCUT2D eigenvalue weighted by molar-refractivity contribution is 7.32. The molecule has 10 aromatic rings. The summed E-state index contributed by atoms with van der Waals surface area (Å²) in [5, 5.41) is 7.18. The van der Waals surface area contributed by atoms with E-state index in [-0.39, 0.29) is 0 Å². The number of aryl methyl sites for hydroxylation is 6. The van der Waals surface area contributed by atoms with E-state index in [0.717, 1.165) is 87.6 Å². The van der Waals surface area contributed by atoms with Gasteiger partial charge in [0.15, 0.2) is 0 Å². The van der Waals surface area contributed by atoms with Gasteiger partial charge in [0, 0.05) is 32.7 Å². The smallest absolute Gasteiger partial charge is 0.453 e. The van der Waals surface area contributed by atoms with Gasteiger partial charge in [-0.2, -0.15) is 0 Å². The van der Waals surface area contributed by atoms with Crippen molar-refractivity contribution in [3.63, 3.8) is 0 Å². The average Bonchev–Trinajstić information content (AvgIpc) is 3.58. The minimum atomic E-state index is -2.13. The first kappa shape index (κ1) is 42.8. The largest absolute Gasteiger partial charge is 0.497 e. The minimum Gasteiger partial charge on any atom is -0.497 e. The van der Waals surface area contributed by atoms with Gasteiger partial charge in [-0.1, -0.05) is 48.5 Å². The van der Waals surface area contributed by atoms with Crippen LogP contribution in [0.15, 0.2) is 126 Å². The number of rotatable bonds is 9. The summed E-state index contributed by atoms with van der Waals surface area (Å²) in [6.45, 7) is 12.1. The second-order valence-corrected chi connectivity index (χ2v) is 18.5. The lowest BCUT2D eigenvalue weighted by Gasteiger charge is -2.20. The molecule has 0 saturated heterocycles. The Balaban J connectivity index is 1.28. The predicted molar refractivity (Wildman–Crippen MR) is 266 cm³/mol. The summed E-state index contributed by atoms with van der Waals surface area (Å²) in [6, 6.07) is 36.5. The zero-order chi connectivity index (χ0) is 46.0. The molecule has 0 bridgehead atoms. The van der Waals surface area contributed by atoms with Crippen molar-refractivity contribution in [2.45, 2.75) is 41.5 Å². The van der Waals surface area contributed by atoms with Crippen LogP contribution in [0.25, 0.3) is 76.5 Å². The van der Waals surface area contributed by atoms with Crippen LogP contribution in [-0.2, 0) is 0 Å². The number of hydrogen-bond acceptors (Lipinski definition) is 10. The molecule has 0 atom stereocenters. The lowest BCUT2D eigenvalue weighted by molar-refractivity contribution is 0.414. The first-order valence-electron chi connectivity index (χ1n) is 21.4. The highest BCUT2D eigenvalue weighted by Gasteiger charge is 2.27. The van der Waals surface area contributed by atoms with Crippen molar-refractivity contribution in [1.29, 1.82) is 0 Å². The first-order valence-corrected chi connectivity index (χ1v) is 23.6. The molecular formula is C54H48O10P2. The van der Waals surface area contributed by atoms with Crippen LogP contribution in [0.1, 0.15) is 33.4 Å². The lowest BCUT2D eigenvalue weighted by atomic mass is 9.89. The average molecular weight is 919 g/mol. The standard InChI is InChI=1S/C54H48O10P2/c1-29-19-35-15-11-13-17-41(35)47(53(29)63-65-59-49-31(3)21-37(55-7)25-43(49)44-26-38(56-8)22-32(4)50(44)60-65)48-42-18-14-12-16-36(42)20-30(2)54(48)64-66-61-51-33(5)23-39(57-9)27-45(51)46-28-40(58-10)24-34(6)52(46)62-66/h11-28H,1-10H3. The monoisotopic (exact) mass is 918 g/mol. The van der Waals surface area contributed by atoms with Gasteiger partial charge < -0.3 is 44.8 Å². The van der Waals surface area contributed by atoms with Crippen molar-refractivity contribution in [2.75, 3.05) is 28.4 Å². The Bertz CT molecular complexity index is 3300. The second kappa shape index (κ2) is 17.0. The Labute approximate surface area is 383 Å². The van der Waals surface area contributed by atoms with Crippen molar-refractivity contribution >= 4 is 81.9 Å². The van der Waals surface area contributed by atoms with Crippen LogP contribution in [0, 0.1) is 41.5 Å². The summed E-state index contributed by atoms with van der Waals surface area (Å²) in [6.07, 6.45) is 0. The Morgan fingerprint density at radius 1 is 0.333 bits per heavy atom. The Morgan fingerprint density at radius 2 is 0.621 bits per heavy atom. The minimum absolute atomic E-state index is 0.583. The molecule has 12 heteroatoms. The number of methoxy groups -OCH3 is 4. The zero-order valence-electron chi connectivity index (χ0n) is 38.4. The highest BCUT2D eigenvalue weighted by Crippen LogP contribution is 2.53. The molecule has 10 nitrogen and oxygen atoms in total. The van der Waals surface area contributed by atoms with Gasteiger partial charge in [0.25, 0.3) is 0 Å². The van der Waals surface area contributed by atoms with E-state index in [1.165, 1.54) is 0 Å². The van der Waals surface area contributed by atoms with Crippen molar-refractivity contribution in [3.8, 4) is 45.6 Å². The molecule has 2 aromatic heterocycles. The molecule has 0 aliphatic heterocycles. The van der Waals surface area contributed by atoms with E-state index in [4.69, 9.17) is 44.8 Å². The molecule has 10 rings (SSSR count). The number of benzene rings is 8. The second-order valence-electron chi connectivity index (χ2n) is 16.5. The molecule has 334 valence electrons. The fourth-order valence-electron chi connectivity index (χ4n) is 8.95. The van der Waals surface area contributed by atoms with Crippen molar-refractivity contribution in [1.82, 2.24) is 0 Å². The molecule has 0 radical (unpaired) electrons. The fourth-order valence-corrected chi connectivity index (χ4v) is 11.5. The van der Waals surface area contributed by atoms with Crippen LogP contribution in [0.5, 0.6) is 34.5 Å². The molecule has 0 N–H and O–H groups in total. The summed E-state index contributed by atoms with van der Waals surface area (Å²) >= 11 is 0. The Morgan fingerprint density at radius 3 is 0.909 bits per heavy atom. The molecule has 66 heavy (non-hydrogen) atoms. The number of ether oxygens (including phenoxy) is 4. The van der Waals surface area contributed by atoms with E-state index >= 15 is 0 Å². The van der Waals surface area contributed by atoms with Gasteiger partial charge in [-0.05, 0) is 157 Å². The van der Waals surface area contributed by atoms with Crippen LogP contribution in [0.2, 0.25) is 0 Å². The highest BCUT2D eigenvalue weighted by atomic mass is 31.1. The molecule has 0 fully saturated rings. The lowest BCUT2D eigenvalue weighted by Crippen LogP contribution is -1.97. The molecule has 0 unspecified atom stereocenters. The Kier molecular flexibility index (Phi) is 11.0. The third-order valence-corrected chi connectivity index (χ3v) is 14.1. The van der Waals surface area contributed by atoms with Gasteiger partial charge in [0.1, 0.15) is 56.8 Å². The van der Waals surface area contributed by atoms with Crippen LogP contribution in [-0.4, -0.2) is 28.4 Å². The van der Waals surface area contributed by atoms with Gasteiger partial charge in [-0.25, -0.2) is 0 Å². The molecule has 2 heterocycles. The fraction of sp³-hybridized carbons (Fsp3) is 0.185. The quantitative estimate of drug-likeness (QED) is 0.139. The molecule has 0 spiro atoms. The maximum Gasteiger partial charge on any atom is 0.453 e. The topological polar surface area (TPSA) is 108 Å². The predicted octanol–water partition coefficient (Wildman–Crippen LogP) is 16.4. The van der Waals surface area contributed by atoms with Crippen LogP contribution in [0.3, 0.4) is 0 Å². The van der Waals surface area contributed by atoms with Crippen molar-refractivity contribution in [2.24, 2.45) is 0 Å². The van der Waals surface area contributed by atoms with Gasteiger partial charge in [0.2, 0.25) is 0 Å². The maximum atomic E-state index is 7.24. The summed E-state index contributed by atoms with van der Waals surface area (Å²) in [7, 11) is 2.37. The SMILES string of the molecule is COc1cc(C)c2op(Oc3c(C)cc4ccccc4c3-c3c(Op4oc5c(C)cc(OC)cc5c5cc(OC)cc(C)c5o4)c(C)cc4ccccc34)oc3c(C)cc(OC)cc3c2c1. The van der Waals surface area contributed by atoms with Gasteiger partial charge in [-0.3, -0.25) is 0 Å². The number of hydrogen-bond donors (Lipinski definition) is 0. The van der Waals surface area contributed by atoms with Crippen molar-refractivity contribution in [3.05, 3.63) is 143 Å². The van der Waals surface area contributed by atoms with Crippen LogP contribution < -0.4 is 28.0 Å². The van der Waals surface area contributed by atoms with Crippen molar-refractivity contribution < 1.29 is 44.8 Å². The molecule has 0 saturated carbocycles. The maximum absolute atomic E-state index is 7.24. The van der Waals surface area contributed by atoms with E-state index in [9.17, 15) is 0 Å². The van der Waals surface area contributed by atoms with Gasteiger partial charge >= 0.3 is 16.5 Å². The Hall–Kier alpha value is -7.12. The summed E-state index contributed by atoms with van der Waals surface area (Å²) in [5.74, 6) is 3.94. The third-order valence-electron chi connectivity index (χ3n) is 12.1. The molecule has 0 aliphatic carbocycles. The van der Waals surface area contributed by atoms with E-state index in [1.54, 1.807) is 28.4 Å². The zero-order valence-corrected chi connectivity index (χ0v) is 40.2. The summed E-state index contributed by atoms with van der Waals surface area (Å²) in [5.41, 5.74) is 9.35. The van der Waals surface area contributed by atoms with E-state index in [2.05, 4.69) is 50.2 Å². The van der Waals surface area contributed by atoms with E-state index in [0.29, 0.717) is 56.8 Å².